The van der Waals surface area contributed by atoms with E-state index < -0.39 is 0 Å². The van der Waals surface area contributed by atoms with Gasteiger partial charge in [0, 0.05) is 30.6 Å². The van der Waals surface area contributed by atoms with Crippen LogP contribution in [-0.2, 0) is 6.54 Å². The van der Waals surface area contributed by atoms with Crippen LogP contribution in [0, 0.1) is 0 Å². The van der Waals surface area contributed by atoms with Crippen molar-refractivity contribution < 1.29 is 4.79 Å². The molecule has 0 spiro atoms. The molecule has 1 amide bonds. The fourth-order valence-electron chi connectivity index (χ4n) is 3.42. The Morgan fingerprint density at radius 3 is 2.63 bits per heavy atom. The molecule has 1 aliphatic heterocycles. The quantitative estimate of drug-likeness (QED) is 0.653. The zero-order valence-corrected chi connectivity index (χ0v) is 16.4. The monoisotopic (exact) mass is 379 g/mol. The van der Waals surface area contributed by atoms with Gasteiger partial charge in [0.2, 0.25) is 0 Å². The van der Waals surface area contributed by atoms with Crippen LogP contribution < -0.4 is 0 Å². The lowest BCUT2D eigenvalue weighted by Gasteiger charge is -2.33. The van der Waals surface area contributed by atoms with Crippen molar-refractivity contribution in [3.05, 3.63) is 59.0 Å². The van der Waals surface area contributed by atoms with Crippen molar-refractivity contribution in [1.82, 2.24) is 19.7 Å². The number of aromatic nitrogens is 3. The number of carbonyl (C=O) groups excluding carboxylic acids is 1. The van der Waals surface area contributed by atoms with Gasteiger partial charge in [-0.15, -0.1) is 21.5 Å². The van der Waals surface area contributed by atoms with Gasteiger partial charge in [-0.25, -0.2) is 0 Å². The molecule has 7 heteroatoms. The second-order valence-electron chi connectivity index (χ2n) is 6.57. The molecule has 0 unspecified atom stereocenters. The third-order valence-corrected chi connectivity index (χ3v) is 5.96. The standard InChI is InChI=1S/C20H21N5OS/c1-13(21-3)18-22-23-19-14(2)24(10-11-25(18)19)20(26)16-8-6-15(7-9-16)17-5-4-12-27-17/h4-9,12,14H,10-11H2,1-3H3/b21-13+/t14-/m1/s1. The third kappa shape index (κ3) is 3.08. The average Bonchev–Trinajstić information content (AvgIpc) is 3.38. The van der Waals surface area contributed by atoms with Gasteiger partial charge < -0.3 is 9.47 Å². The van der Waals surface area contributed by atoms with Gasteiger partial charge in [0.1, 0.15) is 0 Å². The Labute approximate surface area is 162 Å². The first-order chi connectivity index (χ1) is 13.1. The van der Waals surface area contributed by atoms with Crippen molar-refractivity contribution >= 4 is 23.0 Å². The molecule has 1 aromatic carbocycles. The van der Waals surface area contributed by atoms with Crippen LogP contribution in [0.3, 0.4) is 0 Å². The van der Waals surface area contributed by atoms with Crippen LogP contribution in [0.25, 0.3) is 10.4 Å². The number of benzene rings is 1. The van der Waals surface area contributed by atoms with Crippen LogP contribution in [0.2, 0.25) is 0 Å². The predicted molar refractivity (Wildman–Crippen MR) is 107 cm³/mol. The number of nitrogens with zero attached hydrogens (tertiary/aromatic N) is 5. The second-order valence-corrected chi connectivity index (χ2v) is 7.52. The molecule has 0 aliphatic carbocycles. The zero-order chi connectivity index (χ0) is 19.0. The number of fused-ring (bicyclic) bond motifs is 1. The van der Waals surface area contributed by atoms with Crippen molar-refractivity contribution in [3.63, 3.8) is 0 Å². The van der Waals surface area contributed by atoms with Gasteiger partial charge in [-0.1, -0.05) is 18.2 Å². The molecular formula is C20H21N5OS. The summed E-state index contributed by atoms with van der Waals surface area (Å²) in [5, 5.41) is 10.6. The van der Waals surface area contributed by atoms with Crippen molar-refractivity contribution in [1.29, 1.82) is 0 Å². The van der Waals surface area contributed by atoms with E-state index in [0.29, 0.717) is 18.7 Å². The lowest BCUT2D eigenvalue weighted by Crippen LogP contribution is -2.41. The van der Waals surface area contributed by atoms with Crippen LogP contribution in [0.15, 0.2) is 46.8 Å². The van der Waals surface area contributed by atoms with Gasteiger partial charge in [-0.2, -0.15) is 0 Å². The molecule has 0 saturated heterocycles. The first-order valence-corrected chi connectivity index (χ1v) is 9.80. The molecule has 0 fully saturated rings. The van der Waals surface area contributed by atoms with E-state index in [1.54, 1.807) is 18.4 Å². The van der Waals surface area contributed by atoms with E-state index in [0.717, 1.165) is 22.9 Å². The highest BCUT2D eigenvalue weighted by Gasteiger charge is 2.32. The third-order valence-electron chi connectivity index (χ3n) is 5.04. The van der Waals surface area contributed by atoms with Crippen molar-refractivity contribution in [2.75, 3.05) is 13.6 Å². The summed E-state index contributed by atoms with van der Waals surface area (Å²) in [5.41, 5.74) is 2.68. The molecule has 0 bridgehead atoms. The molecule has 4 rings (SSSR count). The van der Waals surface area contributed by atoms with E-state index in [1.165, 1.54) is 4.88 Å². The molecule has 3 heterocycles. The maximum absolute atomic E-state index is 13.1. The SMILES string of the molecule is C/N=C(\C)c1nnc2n1CCN(C(=O)c1ccc(-c3cccs3)cc1)[C@@H]2C. The van der Waals surface area contributed by atoms with E-state index in [9.17, 15) is 4.79 Å². The van der Waals surface area contributed by atoms with Crippen molar-refractivity contribution in [3.8, 4) is 10.4 Å². The molecule has 138 valence electrons. The molecule has 2 aromatic heterocycles. The number of hydrogen-bond acceptors (Lipinski definition) is 5. The predicted octanol–water partition coefficient (Wildman–Crippen LogP) is 3.66. The highest BCUT2D eigenvalue weighted by Crippen LogP contribution is 2.28. The minimum atomic E-state index is -0.130. The molecule has 3 aromatic rings. The van der Waals surface area contributed by atoms with Crippen LogP contribution in [0.1, 0.15) is 41.9 Å². The van der Waals surface area contributed by atoms with Gasteiger partial charge in [0.25, 0.3) is 5.91 Å². The summed E-state index contributed by atoms with van der Waals surface area (Å²) >= 11 is 1.69. The van der Waals surface area contributed by atoms with Gasteiger partial charge in [0.15, 0.2) is 11.6 Å². The van der Waals surface area contributed by atoms with Crippen molar-refractivity contribution in [2.24, 2.45) is 4.99 Å². The van der Waals surface area contributed by atoms with Gasteiger partial charge in [0.05, 0.1) is 11.8 Å². The maximum Gasteiger partial charge on any atom is 0.254 e. The number of rotatable bonds is 3. The highest BCUT2D eigenvalue weighted by atomic mass is 32.1. The lowest BCUT2D eigenvalue weighted by molar-refractivity contribution is 0.0637. The van der Waals surface area contributed by atoms with Crippen LogP contribution in [-0.4, -0.2) is 44.9 Å². The fourth-order valence-corrected chi connectivity index (χ4v) is 4.15. The highest BCUT2D eigenvalue weighted by molar-refractivity contribution is 7.13. The summed E-state index contributed by atoms with van der Waals surface area (Å²) in [6, 6.07) is 11.8. The Morgan fingerprint density at radius 1 is 1.19 bits per heavy atom. The second kappa shape index (κ2) is 7.08. The van der Waals surface area contributed by atoms with Gasteiger partial charge >= 0.3 is 0 Å². The summed E-state index contributed by atoms with van der Waals surface area (Å²) in [7, 11) is 1.75. The van der Waals surface area contributed by atoms with Crippen LogP contribution in [0.4, 0.5) is 0 Å². The summed E-state index contributed by atoms with van der Waals surface area (Å²) in [4.78, 5) is 20.3. The topological polar surface area (TPSA) is 63.4 Å². The molecule has 6 nitrogen and oxygen atoms in total. The average molecular weight is 379 g/mol. The summed E-state index contributed by atoms with van der Waals surface area (Å²) in [6.45, 7) is 5.23. The van der Waals surface area contributed by atoms with Gasteiger partial charge in [-0.05, 0) is 43.0 Å². The molecule has 1 atom stereocenters. The Hall–Kier alpha value is -2.80. The summed E-state index contributed by atoms with van der Waals surface area (Å²) in [6.07, 6.45) is 0. The Balaban J connectivity index is 1.57. The van der Waals surface area contributed by atoms with Crippen molar-refractivity contribution in [2.45, 2.75) is 26.4 Å². The minimum Gasteiger partial charge on any atom is -0.327 e. The Morgan fingerprint density at radius 2 is 1.96 bits per heavy atom. The first-order valence-electron chi connectivity index (χ1n) is 8.92. The van der Waals surface area contributed by atoms with E-state index in [2.05, 4.69) is 31.2 Å². The zero-order valence-electron chi connectivity index (χ0n) is 15.6. The number of aliphatic imine (C=N–C) groups is 1. The Kier molecular flexibility index (Phi) is 4.61. The minimum absolute atomic E-state index is 0.0249. The molecular weight excluding hydrogens is 358 g/mol. The van der Waals surface area contributed by atoms with E-state index in [1.807, 2.05) is 49.1 Å². The number of hydrogen-bond donors (Lipinski definition) is 0. The molecule has 0 saturated carbocycles. The largest absolute Gasteiger partial charge is 0.327 e. The molecule has 27 heavy (non-hydrogen) atoms. The van der Waals surface area contributed by atoms with Crippen LogP contribution >= 0.6 is 11.3 Å². The number of amides is 1. The smallest absolute Gasteiger partial charge is 0.254 e. The summed E-state index contributed by atoms with van der Waals surface area (Å²) < 4.78 is 2.07. The lowest BCUT2D eigenvalue weighted by atomic mass is 10.1. The number of thiophene rings is 1. The normalized spacial score (nSPS) is 17.1. The first kappa shape index (κ1) is 17.6. The Bertz CT molecular complexity index is 988. The van der Waals surface area contributed by atoms with E-state index in [-0.39, 0.29) is 11.9 Å². The number of carbonyl (C=O) groups is 1. The van der Waals surface area contributed by atoms with Gasteiger partial charge in [-0.3, -0.25) is 9.79 Å². The molecule has 0 N–H and O–H groups in total. The van der Waals surface area contributed by atoms with E-state index >= 15 is 0 Å². The van der Waals surface area contributed by atoms with Crippen LogP contribution in [0.5, 0.6) is 0 Å². The van der Waals surface area contributed by atoms with E-state index in [4.69, 9.17) is 0 Å². The molecule has 1 aliphatic rings. The molecule has 0 radical (unpaired) electrons. The fraction of sp³-hybridized carbons (Fsp3) is 0.300. The maximum atomic E-state index is 13.1. The summed E-state index contributed by atoms with van der Waals surface area (Å²) in [5.74, 6) is 1.62.